The van der Waals surface area contributed by atoms with Gasteiger partial charge in [0.05, 0.1) is 26.4 Å². The van der Waals surface area contributed by atoms with Gasteiger partial charge < -0.3 is 38.5 Å². The van der Waals surface area contributed by atoms with Crippen LogP contribution >= 0.6 is 23.2 Å². The Balaban J connectivity index is 0.000000201. The van der Waals surface area contributed by atoms with E-state index in [0.717, 1.165) is 119 Å². The van der Waals surface area contributed by atoms with E-state index in [1.807, 2.05) is 37.8 Å². The van der Waals surface area contributed by atoms with E-state index in [-0.39, 0.29) is 30.3 Å². The molecule has 2 aromatic rings. The first-order valence-electron chi connectivity index (χ1n) is 23.4. The van der Waals surface area contributed by atoms with Crippen molar-refractivity contribution < 1.29 is 54.9 Å². The summed E-state index contributed by atoms with van der Waals surface area (Å²) in [6.07, 6.45) is -10.4. The van der Waals surface area contributed by atoms with E-state index in [1.165, 1.54) is 24.1 Å². The van der Waals surface area contributed by atoms with Gasteiger partial charge >= 0.3 is 24.5 Å². The summed E-state index contributed by atoms with van der Waals surface area (Å²) in [6, 6.07) is 12.4. The van der Waals surface area contributed by atoms with E-state index in [9.17, 15) is 35.9 Å². The number of hydrogen-bond acceptors (Lipinski definition) is 10. The van der Waals surface area contributed by atoms with E-state index in [2.05, 4.69) is 48.6 Å². The average molecular weight is 994 g/mol. The number of hydrogen-bond donors (Lipinski definition) is 0. The minimum atomic E-state index is -5.73. The predicted molar refractivity (Wildman–Crippen MR) is 244 cm³/mol. The van der Waals surface area contributed by atoms with Gasteiger partial charge in [0, 0.05) is 97.9 Å². The van der Waals surface area contributed by atoms with Crippen LogP contribution < -0.4 is 9.80 Å². The Morgan fingerprint density at radius 2 is 0.970 bits per heavy atom. The number of carbonyl (C=O) groups is 2. The lowest BCUT2D eigenvalue weighted by Gasteiger charge is -2.45. The Labute approximate surface area is 399 Å². The second-order valence-electron chi connectivity index (χ2n) is 19.6. The predicted octanol–water partition coefficient (Wildman–Crippen LogP) is 9.78. The molecular weight excluding hydrogens is 929 g/mol. The second-order valence-corrected chi connectivity index (χ2v) is 20.5. The highest BCUT2D eigenvalue weighted by Crippen LogP contribution is 2.43. The molecule has 0 aromatic heterocycles. The molecule has 2 spiro atoms. The smallest absolute Gasteiger partial charge is 0.434 e. The quantitative estimate of drug-likeness (QED) is 0.250. The summed E-state index contributed by atoms with van der Waals surface area (Å²) >= 11 is 12.9. The topological polar surface area (TPSA) is 90.5 Å². The number of rotatable bonds is 7. The van der Waals surface area contributed by atoms with Crippen LogP contribution in [0.4, 0.5) is 47.3 Å². The highest BCUT2D eigenvalue weighted by molar-refractivity contribution is 6.31. The van der Waals surface area contributed by atoms with Crippen LogP contribution in [-0.4, -0.2) is 159 Å². The lowest BCUT2D eigenvalue weighted by atomic mass is 9.85. The monoisotopic (exact) mass is 992 g/mol. The summed E-state index contributed by atoms with van der Waals surface area (Å²) in [4.78, 5) is 36.9. The van der Waals surface area contributed by atoms with Crippen molar-refractivity contribution in [1.82, 2.24) is 19.6 Å². The van der Waals surface area contributed by atoms with Crippen LogP contribution in [0.2, 0.25) is 10.0 Å². The number of morpholine rings is 2. The zero-order chi connectivity index (χ0) is 48.2. The number of carbonyl (C=O) groups excluding carboxylic acids is 2. The van der Waals surface area contributed by atoms with E-state index in [0.29, 0.717) is 37.6 Å². The lowest BCUT2D eigenvalue weighted by Crippen LogP contribution is -2.54. The van der Waals surface area contributed by atoms with Crippen LogP contribution in [0.1, 0.15) is 83.3 Å². The molecular formula is C47H64Cl2F6N6O6. The summed E-state index contributed by atoms with van der Waals surface area (Å²) in [5.74, 6) is 0. The molecule has 67 heavy (non-hydrogen) atoms. The number of likely N-dealkylation sites (tertiary alicyclic amines) is 4. The van der Waals surface area contributed by atoms with Crippen molar-refractivity contribution in [3.05, 3.63) is 57.6 Å². The van der Waals surface area contributed by atoms with Gasteiger partial charge in [-0.05, 0) is 133 Å². The minimum absolute atomic E-state index is 0.0202. The molecule has 374 valence electrons. The maximum atomic E-state index is 12.8. The standard InChI is InChI=1S/C24H36ClN3O3.C23H28ClF6N3O3/c1-23(2,3)31-22(29)27-9-6-24(7-10-27)5-4-8-28(24)18-19-15-20(25)17-21(16-19)26-11-13-30-14-12-26;24-17-12-16(13-18(14-17)31-8-10-35-11-9-31)15-33-5-1-2-21(33)3-6-32(7-4-21)20(34)36-19(22(25,26)27)23(28,29)30/h15-17H,4-14,18H2,1-3H3;12-14,19H,1-11,15H2. The molecule has 20 heteroatoms. The van der Waals surface area contributed by atoms with Crippen LogP contribution in [0.3, 0.4) is 0 Å². The Morgan fingerprint density at radius 1 is 0.582 bits per heavy atom. The molecule has 0 aliphatic carbocycles. The van der Waals surface area contributed by atoms with Gasteiger partial charge in [0.2, 0.25) is 0 Å². The first kappa shape index (κ1) is 51.4. The zero-order valence-corrected chi connectivity index (χ0v) is 40.2. The molecule has 2 aromatic carbocycles. The normalized spacial score (nSPS) is 21.8. The fraction of sp³-hybridized carbons (Fsp3) is 0.702. The minimum Gasteiger partial charge on any atom is -0.444 e. The number of nitrogens with zero attached hydrogens (tertiary/aromatic N) is 6. The molecule has 6 aliphatic rings. The first-order chi connectivity index (χ1) is 31.6. The maximum Gasteiger partial charge on any atom is 0.434 e. The molecule has 0 atom stereocenters. The van der Waals surface area contributed by atoms with Gasteiger partial charge in [-0.2, -0.15) is 26.3 Å². The summed E-state index contributed by atoms with van der Waals surface area (Å²) in [6.45, 7) is 16.9. The second kappa shape index (κ2) is 21.3. The average Bonchev–Trinajstić information content (AvgIpc) is 3.83. The number of benzene rings is 2. The highest BCUT2D eigenvalue weighted by Gasteiger charge is 2.60. The van der Waals surface area contributed by atoms with Crippen molar-refractivity contribution in [2.45, 2.75) is 120 Å². The van der Waals surface area contributed by atoms with Gasteiger partial charge in [0.15, 0.2) is 0 Å². The van der Waals surface area contributed by atoms with E-state index < -0.39 is 30.2 Å². The van der Waals surface area contributed by atoms with Crippen LogP contribution in [0, 0.1) is 0 Å². The maximum absolute atomic E-state index is 12.8. The van der Waals surface area contributed by atoms with Crippen molar-refractivity contribution in [3.63, 3.8) is 0 Å². The van der Waals surface area contributed by atoms with E-state index >= 15 is 0 Å². The molecule has 6 fully saturated rings. The molecule has 0 N–H and O–H groups in total. The number of ether oxygens (including phenoxy) is 4. The third-order valence-corrected chi connectivity index (χ3v) is 14.4. The Bertz CT molecular complexity index is 1980. The third-order valence-electron chi connectivity index (χ3n) is 14.0. The third kappa shape index (κ3) is 13.3. The SMILES string of the molecule is CC(C)(C)OC(=O)N1CCC2(CCCN2Cc2cc(Cl)cc(N3CCOCC3)c2)CC1.O=C(OC(C(F)(F)F)C(F)(F)F)N1CCC2(CCCN2Cc2cc(Cl)cc(N3CCOCC3)c2)CC1. The number of halogens is 8. The molecule has 6 aliphatic heterocycles. The number of alkyl halides is 6. The summed E-state index contributed by atoms with van der Waals surface area (Å²) < 4.78 is 97.0. The van der Waals surface area contributed by atoms with Gasteiger partial charge in [-0.3, -0.25) is 9.80 Å². The van der Waals surface area contributed by atoms with Crippen molar-refractivity contribution in [2.75, 3.05) is 102 Å². The van der Waals surface area contributed by atoms with Crippen LogP contribution in [0.15, 0.2) is 36.4 Å². The summed E-state index contributed by atoms with van der Waals surface area (Å²) in [7, 11) is 0. The van der Waals surface area contributed by atoms with Crippen LogP contribution in [0.5, 0.6) is 0 Å². The van der Waals surface area contributed by atoms with Gasteiger partial charge in [0.1, 0.15) is 5.60 Å². The van der Waals surface area contributed by atoms with Gasteiger partial charge in [-0.25, -0.2) is 9.59 Å². The largest absolute Gasteiger partial charge is 0.444 e. The summed E-state index contributed by atoms with van der Waals surface area (Å²) in [5, 5.41) is 1.41. The van der Waals surface area contributed by atoms with Crippen molar-refractivity contribution >= 4 is 46.8 Å². The van der Waals surface area contributed by atoms with Crippen LogP contribution in [0.25, 0.3) is 0 Å². The molecule has 0 radical (unpaired) electrons. The Hall–Kier alpha value is -3.42. The fourth-order valence-corrected chi connectivity index (χ4v) is 11.0. The van der Waals surface area contributed by atoms with Gasteiger partial charge in [-0.1, -0.05) is 23.2 Å². The van der Waals surface area contributed by atoms with Crippen molar-refractivity contribution in [2.24, 2.45) is 0 Å². The zero-order valence-electron chi connectivity index (χ0n) is 38.7. The van der Waals surface area contributed by atoms with Crippen LogP contribution in [-0.2, 0) is 32.0 Å². The molecule has 8 rings (SSSR count). The van der Waals surface area contributed by atoms with Crippen molar-refractivity contribution in [1.29, 1.82) is 0 Å². The highest BCUT2D eigenvalue weighted by atomic mass is 35.5. The molecule has 0 bridgehead atoms. The molecule has 12 nitrogen and oxygen atoms in total. The molecule has 0 saturated carbocycles. The molecule has 6 heterocycles. The van der Waals surface area contributed by atoms with Gasteiger partial charge in [0.25, 0.3) is 6.10 Å². The van der Waals surface area contributed by atoms with Crippen molar-refractivity contribution in [3.8, 4) is 0 Å². The lowest BCUT2D eigenvalue weighted by molar-refractivity contribution is -0.308. The first-order valence-corrected chi connectivity index (χ1v) is 24.2. The fourth-order valence-electron chi connectivity index (χ4n) is 10.5. The molecule has 6 saturated heterocycles. The van der Waals surface area contributed by atoms with Gasteiger partial charge in [-0.15, -0.1) is 0 Å². The van der Waals surface area contributed by atoms with E-state index in [4.69, 9.17) is 37.4 Å². The number of piperidine rings is 2. The molecule has 2 amide bonds. The summed E-state index contributed by atoms with van der Waals surface area (Å²) in [5.41, 5.74) is 3.94. The Kier molecular flexibility index (Phi) is 16.3. The van der Waals surface area contributed by atoms with E-state index in [1.54, 1.807) is 0 Å². The Morgan fingerprint density at radius 3 is 1.34 bits per heavy atom. The molecule has 0 unspecified atom stereocenters. The number of amides is 2. The number of anilines is 2.